The highest BCUT2D eigenvalue weighted by molar-refractivity contribution is 7.99. The van der Waals surface area contributed by atoms with Gasteiger partial charge in [0.15, 0.2) is 5.82 Å². The third-order valence-corrected chi connectivity index (χ3v) is 6.06. The Labute approximate surface area is 175 Å². The molecule has 0 bridgehead atoms. The fourth-order valence-corrected chi connectivity index (χ4v) is 4.59. The van der Waals surface area contributed by atoms with Crippen LogP contribution in [-0.4, -0.2) is 50.2 Å². The first-order valence-electron chi connectivity index (χ1n) is 9.92. The van der Waals surface area contributed by atoms with E-state index in [0.717, 1.165) is 53.8 Å². The summed E-state index contributed by atoms with van der Waals surface area (Å²) in [5, 5.41) is 11.4. The van der Waals surface area contributed by atoms with Crippen LogP contribution in [0.1, 0.15) is 18.5 Å². The lowest BCUT2D eigenvalue weighted by Crippen LogP contribution is -2.41. The van der Waals surface area contributed by atoms with Crippen molar-refractivity contribution in [3.05, 3.63) is 66.5 Å². The Hall–Kier alpha value is -2.64. The molecule has 2 heterocycles. The molecule has 7 heteroatoms. The molecule has 0 spiro atoms. The Morgan fingerprint density at radius 1 is 1.14 bits per heavy atom. The lowest BCUT2D eigenvalue weighted by Gasteiger charge is -2.33. The zero-order valence-corrected chi connectivity index (χ0v) is 17.3. The maximum atomic E-state index is 13.3. The predicted octanol–water partition coefficient (Wildman–Crippen LogP) is 3.69. The van der Waals surface area contributed by atoms with Crippen molar-refractivity contribution >= 4 is 23.4 Å². The van der Waals surface area contributed by atoms with Gasteiger partial charge in [-0.2, -0.15) is 11.8 Å². The van der Waals surface area contributed by atoms with Crippen LogP contribution in [0.5, 0.6) is 0 Å². The lowest BCUT2D eigenvalue weighted by atomic mass is 10.0. The summed E-state index contributed by atoms with van der Waals surface area (Å²) in [4.78, 5) is 15.6. The van der Waals surface area contributed by atoms with Gasteiger partial charge in [0.05, 0.1) is 0 Å². The summed E-state index contributed by atoms with van der Waals surface area (Å²) in [6.45, 7) is 4.68. The lowest BCUT2D eigenvalue weighted by molar-refractivity contribution is -0.121. The topological polar surface area (TPSA) is 63.1 Å². The van der Waals surface area contributed by atoms with E-state index in [2.05, 4.69) is 27.3 Å². The molecule has 1 unspecified atom stereocenters. The number of benzene rings is 2. The van der Waals surface area contributed by atoms with E-state index in [1.165, 1.54) is 0 Å². The Morgan fingerprint density at radius 2 is 1.93 bits per heavy atom. The highest BCUT2D eigenvalue weighted by Crippen LogP contribution is 2.27. The number of nitrogens with one attached hydrogen (secondary N) is 1. The predicted molar refractivity (Wildman–Crippen MR) is 118 cm³/mol. The Bertz CT molecular complexity index is 953. The number of aryl methyl sites for hydroxylation is 1. The summed E-state index contributed by atoms with van der Waals surface area (Å²) in [6, 6.07) is 17.6. The van der Waals surface area contributed by atoms with Crippen LogP contribution in [0.3, 0.4) is 0 Å². The number of nitrogens with zero attached hydrogens (tertiary/aromatic N) is 4. The quantitative estimate of drug-likeness (QED) is 0.675. The molecule has 1 aromatic heterocycles. The fraction of sp³-hybridized carbons (Fsp3) is 0.318. The van der Waals surface area contributed by atoms with Gasteiger partial charge in [0.25, 0.3) is 0 Å². The maximum Gasteiger partial charge on any atom is 0.246 e. The van der Waals surface area contributed by atoms with Crippen molar-refractivity contribution in [2.45, 2.75) is 19.5 Å². The highest BCUT2D eigenvalue weighted by Gasteiger charge is 2.29. The second-order valence-corrected chi connectivity index (χ2v) is 8.20. The van der Waals surface area contributed by atoms with Crippen LogP contribution in [0.2, 0.25) is 0 Å². The summed E-state index contributed by atoms with van der Waals surface area (Å²) in [5.41, 5.74) is 2.73. The molecule has 1 saturated heterocycles. The summed E-state index contributed by atoms with van der Waals surface area (Å²) in [5.74, 6) is 2.91. The molecule has 150 valence electrons. The number of amides is 1. The summed E-state index contributed by atoms with van der Waals surface area (Å²) >= 11 is 1.94. The number of hydrogen-bond acceptors (Lipinski definition) is 5. The van der Waals surface area contributed by atoms with Gasteiger partial charge in [0, 0.05) is 42.4 Å². The summed E-state index contributed by atoms with van der Waals surface area (Å²) in [6.07, 6.45) is 1.72. The zero-order valence-electron chi connectivity index (χ0n) is 16.5. The maximum absolute atomic E-state index is 13.3. The molecule has 29 heavy (non-hydrogen) atoms. The van der Waals surface area contributed by atoms with Crippen molar-refractivity contribution in [3.63, 3.8) is 0 Å². The van der Waals surface area contributed by atoms with Crippen molar-refractivity contribution in [3.8, 4) is 11.4 Å². The second kappa shape index (κ2) is 9.24. The molecule has 2 aromatic carbocycles. The van der Waals surface area contributed by atoms with Crippen LogP contribution in [0.4, 0.5) is 5.69 Å². The third kappa shape index (κ3) is 4.52. The third-order valence-electron chi connectivity index (χ3n) is 5.12. The molecule has 1 amide bonds. The minimum atomic E-state index is -0.292. The number of anilines is 1. The zero-order chi connectivity index (χ0) is 20.1. The van der Waals surface area contributed by atoms with Gasteiger partial charge in [-0.05, 0) is 24.6 Å². The van der Waals surface area contributed by atoms with Gasteiger partial charge in [-0.3, -0.25) is 9.69 Å². The molecule has 1 atom stereocenters. The monoisotopic (exact) mass is 407 g/mol. The summed E-state index contributed by atoms with van der Waals surface area (Å²) < 4.78 is 1.99. The largest absolute Gasteiger partial charge is 0.324 e. The van der Waals surface area contributed by atoms with Crippen molar-refractivity contribution in [1.82, 2.24) is 19.7 Å². The van der Waals surface area contributed by atoms with E-state index in [1.54, 1.807) is 6.33 Å². The first kappa shape index (κ1) is 19.7. The minimum Gasteiger partial charge on any atom is -0.324 e. The fourth-order valence-electron chi connectivity index (χ4n) is 3.66. The number of carbonyl (C=O) groups excluding carboxylic acids is 1. The van der Waals surface area contributed by atoms with E-state index >= 15 is 0 Å². The van der Waals surface area contributed by atoms with Gasteiger partial charge in [0.1, 0.15) is 12.4 Å². The number of rotatable bonds is 6. The SMILES string of the molecule is CCn1cnnc1-c1cccc(NC(=O)C(c2ccccc2)N2CCSCC2)c1. The standard InChI is InChI=1S/C22H25N5OS/c1-2-26-16-23-25-21(26)18-9-6-10-19(15-18)24-22(28)20(17-7-4-3-5-8-17)27-11-13-29-14-12-27/h3-10,15-16,20H,2,11-14H2,1H3,(H,24,28). The molecule has 6 nitrogen and oxygen atoms in total. The van der Waals surface area contributed by atoms with Crippen molar-refractivity contribution < 1.29 is 4.79 Å². The average molecular weight is 408 g/mol. The molecule has 0 saturated carbocycles. The molecule has 1 fully saturated rings. The van der Waals surface area contributed by atoms with Crippen molar-refractivity contribution in [2.75, 3.05) is 29.9 Å². The molecule has 0 aliphatic carbocycles. The molecule has 1 aliphatic heterocycles. The Balaban J connectivity index is 1.58. The van der Waals surface area contributed by atoms with Gasteiger partial charge < -0.3 is 9.88 Å². The second-order valence-electron chi connectivity index (χ2n) is 6.97. The molecule has 1 aliphatic rings. The minimum absolute atomic E-state index is 0.00258. The van der Waals surface area contributed by atoms with Crippen molar-refractivity contribution in [1.29, 1.82) is 0 Å². The first-order valence-corrected chi connectivity index (χ1v) is 11.1. The van der Waals surface area contributed by atoms with Gasteiger partial charge in [-0.15, -0.1) is 10.2 Å². The molecule has 3 aromatic rings. The number of carbonyl (C=O) groups is 1. The van der Waals surface area contributed by atoms with Gasteiger partial charge in [0.2, 0.25) is 5.91 Å². The van der Waals surface area contributed by atoms with Crippen LogP contribution in [-0.2, 0) is 11.3 Å². The molecule has 0 radical (unpaired) electrons. The molecule has 4 rings (SSSR count). The molecular formula is C22H25N5OS. The summed E-state index contributed by atoms with van der Waals surface area (Å²) in [7, 11) is 0. The normalized spacial score (nSPS) is 15.8. The Morgan fingerprint density at radius 3 is 2.69 bits per heavy atom. The van der Waals surface area contributed by atoms with E-state index in [9.17, 15) is 4.79 Å². The molecular weight excluding hydrogens is 382 g/mol. The van der Waals surface area contributed by atoms with Gasteiger partial charge in [-0.1, -0.05) is 42.5 Å². The number of hydrogen-bond donors (Lipinski definition) is 1. The number of aromatic nitrogens is 3. The van der Waals surface area contributed by atoms with Crippen LogP contribution in [0.25, 0.3) is 11.4 Å². The van der Waals surface area contributed by atoms with E-state index in [1.807, 2.05) is 70.9 Å². The average Bonchev–Trinajstić information content (AvgIpc) is 3.25. The van der Waals surface area contributed by atoms with E-state index in [-0.39, 0.29) is 11.9 Å². The Kier molecular flexibility index (Phi) is 6.27. The molecule has 1 N–H and O–H groups in total. The van der Waals surface area contributed by atoms with E-state index < -0.39 is 0 Å². The smallest absolute Gasteiger partial charge is 0.246 e. The van der Waals surface area contributed by atoms with E-state index in [0.29, 0.717) is 0 Å². The van der Waals surface area contributed by atoms with Gasteiger partial charge in [-0.25, -0.2) is 0 Å². The van der Waals surface area contributed by atoms with Crippen LogP contribution in [0.15, 0.2) is 60.9 Å². The highest BCUT2D eigenvalue weighted by atomic mass is 32.2. The van der Waals surface area contributed by atoms with E-state index in [4.69, 9.17) is 0 Å². The van der Waals surface area contributed by atoms with Crippen LogP contribution < -0.4 is 5.32 Å². The number of thioether (sulfide) groups is 1. The van der Waals surface area contributed by atoms with Crippen molar-refractivity contribution in [2.24, 2.45) is 0 Å². The van der Waals surface area contributed by atoms with Gasteiger partial charge >= 0.3 is 0 Å². The first-order chi connectivity index (χ1) is 14.3. The van der Waals surface area contributed by atoms with Crippen LogP contribution in [0, 0.1) is 0 Å². The van der Waals surface area contributed by atoms with Crippen LogP contribution >= 0.6 is 11.8 Å².